The standard InChI is InChI=1S/C23H21F3N6O4/c1-35-19-7-18-17(10-28-19)21(30-12-29-18)36-16-4-2-14(3-5-16)32-20(33)11-31(22(32)34)15-6-13(8-27-9-15)23(24,25)26/h6-10,12,14,16H,2-5,11H2,1H3/t14-,16-. The highest BCUT2D eigenvalue weighted by molar-refractivity contribution is 6.12. The Hall–Kier alpha value is -4.03. The van der Waals surface area contributed by atoms with Gasteiger partial charge in [0, 0.05) is 24.5 Å². The van der Waals surface area contributed by atoms with Crippen LogP contribution < -0.4 is 14.4 Å². The number of alkyl halides is 3. The van der Waals surface area contributed by atoms with Crippen molar-refractivity contribution in [3.8, 4) is 11.8 Å². The number of anilines is 1. The molecule has 3 amide bonds. The lowest BCUT2D eigenvalue weighted by Gasteiger charge is -2.33. The van der Waals surface area contributed by atoms with Crippen molar-refractivity contribution >= 4 is 28.5 Å². The van der Waals surface area contributed by atoms with Crippen LogP contribution in [0.4, 0.5) is 23.7 Å². The number of aromatic nitrogens is 4. The molecule has 1 saturated heterocycles. The largest absolute Gasteiger partial charge is 0.481 e. The highest BCUT2D eigenvalue weighted by atomic mass is 19.4. The van der Waals surface area contributed by atoms with Gasteiger partial charge in [-0.25, -0.2) is 19.7 Å². The Morgan fingerprint density at radius 1 is 1.00 bits per heavy atom. The number of methoxy groups -OCH3 is 1. The minimum Gasteiger partial charge on any atom is -0.481 e. The summed E-state index contributed by atoms with van der Waals surface area (Å²) >= 11 is 0. The molecular formula is C23H21F3N6O4. The zero-order valence-corrected chi connectivity index (χ0v) is 19.1. The summed E-state index contributed by atoms with van der Waals surface area (Å²) in [5.74, 6) is 0.348. The average molecular weight is 502 g/mol. The second-order valence-corrected chi connectivity index (χ2v) is 8.53. The number of carbonyl (C=O) groups is 2. The van der Waals surface area contributed by atoms with Crippen molar-refractivity contribution in [2.75, 3.05) is 18.6 Å². The van der Waals surface area contributed by atoms with Crippen molar-refractivity contribution < 1.29 is 32.2 Å². The number of pyridine rings is 2. The molecule has 3 aromatic heterocycles. The van der Waals surface area contributed by atoms with Crippen LogP contribution in [0.5, 0.6) is 11.8 Å². The van der Waals surface area contributed by atoms with Crippen LogP contribution in [-0.2, 0) is 11.0 Å². The summed E-state index contributed by atoms with van der Waals surface area (Å²) in [6, 6.07) is 1.48. The van der Waals surface area contributed by atoms with Gasteiger partial charge in [-0.05, 0) is 31.7 Å². The van der Waals surface area contributed by atoms with Gasteiger partial charge in [0.25, 0.3) is 5.91 Å². The summed E-state index contributed by atoms with van der Waals surface area (Å²) in [5.41, 5.74) is -0.427. The molecule has 1 saturated carbocycles. The zero-order chi connectivity index (χ0) is 25.4. The number of ether oxygens (including phenoxy) is 2. The van der Waals surface area contributed by atoms with Crippen LogP contribution in [0.25, 0.3) is 10.9 Å². The number of urea groups is 1. The van der Waals surface area contributed by atoms with E-state index >= 15 is 0 Å². The Kier molecular flexibility index (Phi) is 6.06. The first kappa shape index (κ1) is 23.7. The van der Waals surface area contributed by atoms with Gasteiger partial charge in [-0.3, -0.25) is 19.6 Å². The molecule has 10 nitrogen and oxygen atoms in total. The summed E-state index contributed by atoms with van der Waals surface area (Å²) in [6.07, 6.45) is 2.09. The Balaban J connectivity index is 1.25. The smallest absolute Gasteiger partial charge is 0.417 e. The molecule has 36 heavy (non-hydrogen) atoms. The molecule has 0 N–H and O–H groups in total. The van der Waals surface area contributed by atoms with Gasteiger partial charge < -0.3 is 9.47 Å². The lowest BCUT2D eigenvalue weighted by atomic mass is 9.92. The molecule has 1 aliphatic carbocycles. The summed E-state index contributed by atoms with van der Waals surface area (Å²) in [6.45, 7) is -0.332. The maximum absolute atomic E-state index is 13.1. The number of hydrogen-bond acceptors (Lipinski definition) is 8. The maximum Gasteiger partial charge on any atom is 0.417 e. The number of fused-ring (bicyclic) bond motifs is 1. The van der Waals surface area contributed by atoms with Crippen LogP contribution in [-0.4, -0.2) is 62.6 Å². The second-order valence-electron chi connectivity index (χ2n) is 8.53. The van der Waals surface area contributed by atoms with E-state index in [9.17, 15) is 22.8 Å². The van der Waals surface area contributed by atoms with Gasteiger partial charge in [0.2, 0.25) is 11.8 Å². The van der Waals surface area contributed by atoms with Crippen molar-refractivity contribution in [1.29, 1.82) is 0 Å². The molecular weight excluding hydrogens is 481 g/mol. The Labute approximate surface area is 203 Å². The van der Waals surface area contributed by atoms with Crippen molar-refractivity contribution in [2.24, 2.45) is 0 Å². The van der Waals surface area contributed by atoms with E-state index in [1.807, 2.05) is 0 Å². The molecule has 0 atom stereocenters. The fraction of sp³-hybridized carbons (Fsp3) is 0.391. The van der Waals surface area contributed by atoms with Gasteiger partial charge in [0.15, 0.2) is 0 Å². The molecule has 0 aromatic carbocycles. The first-order chi connectivity index (χ1) is 17.2. The molecule has 2 fully saturated rings. The number of carbonyl (C=O) groups excluding carboxylic acids is 2. The minimum atomic E-state index is -4.61. The fourth-order valence-electron chi connectivity index (χ4n) is 4.50. The van der Waals surface area contributed by atoms with Gasteiger partial charge in [0.05, 0.1) is 35.5 Å². The van der Waals surface area contributed by atoms with Gasteiger partial charge in [0.1, 0.15) is 19.0 Å². The van der Waals surface area contributed by atoms with E-state index in [0.29, 0.717) is 54.5 Å². The van der Waals surface area contributed by atoms with Crippen LogP contribution in [0.3, 0.4) is 0 Å². The lowest BCUT2D eigenvalue weighted by Crippen LogP contribution is -2.44. The van der Waals surface area contributed by atoms with E-state index in [0.717, 1.165) is 22.1 Å². The molecule has 0 spiro atoms. The summed E-state index contributed by atoms with van der Waals surface area (Å²) in [7, 11) is 1.51. The number of amides is 3. The Morgan fingerprint density at radius 2 is 1.78 bits per heavy atom. The number of rotatable bonds is 5. The molecule has 0 unspecified atom stereocenters. The normalized spacial score (nSPS) is 20.8. The molecule has 2 aliphatic rings. The third-order valence-electron chi connectivity index (χ3n) is 6.32. The maximum atomic E-state index is 13.1. The summed E-state index contributed by atoms with van der Waals surface area (Å²) in [4.78, 5) is 44.1. The lowest BCUT2D eigenvalue weighted by molar-refractivity contribution is -0.137. The third-order valence-corrected chi connectivity index (χ3v) is 6.32. The van der Waals surface area contributed by atoms with Crippen molar-refractivity contribution in [2.45, 2.75) is 44.0 Å². The van der Waals surface area contributed by atoms with Gasteiger partial charge in [-0.15, -0.1) is 0 Å². The van der Waals surface area contributed by atoms with Gasteiger partial charge in [-0.2, -0.15) is 13.2 Å². The molecule has 4 heterocycles. The van der Waals surface area contributed by atoms with E-state index in [2.05, 4.69) is 19.9 Å². The molecule has 5 rings (SSSR count). The minimum absolute atomic E-state index is 0.0661. The van der Waals surface area contributed by atoms with Crippen LogP contribution in [0.15, 0.2) is 37.1 Å². The molecule has 3 aromatic rings. The van der Waals surface area contributed by atoms with E-state index in [1.165, 1.54) is 13.4 Å². The number of halogens is 3. The van der Waals surface area contributed by atoms with Crippen molar-refractivity contribution in [3.63, 3.8) is 0 Å². The first-order valence-corrected chi connectivity index (χ1v) is 11.2. The second kappa shape index (κ2) is 9.21. The first-order valence-electron chi connectivity index (χ1n) is 11.2. The van der Waals surface area contributed by atoms with E-state index in [1.54, 1.807) is 12.3 Å². The summed E-state index contributed by atoms with van der Waals surface area (Å²) in [5, 5.41) is 0.635. The summed E-state index contributed by atoms with van der Waals surface area (Å²) < 4.78 is 50.4. The number of nitrogens with zero attached hydrogens (tertiary/aromatic N) is 6. The predicted octanol–water partition coefficient (Wildman–Crippen LogP) is 3.61. The molecule has 1 aliphatic heterocycles. The average Bonchev–Trinajstić information content (AvgIpc) is 3.17. The molecule has 0 radical (unpaired) electrons. The number of imide groups is 1. The van der Waals surface area contributed by atoms with Crippen molar-refractivity contribution in [3.05, 3.63) is 42.6 Å². The van der Waals surface area contributed by atoms with Crippen LogP contribution >= 0.6 is 0 Å². The van der Waals surface area contributed by atoms with E-state index < -0.39 is 23.7 Å². The van der Waals surface area contributed by atoms with Crippen LogP contribution in [0.2, 0.25) is 0 Å². The van der Waals surface area contributed by atoms with E-state index in [-0.39, 0.29) is 24.4 Å². The zero-order valence-electron chi connectivity index (χ0n) is 19.1. The Morgan fingerprint density at radius 3 is 2.50 bits per heavy atom. The van der Waals surface area contributed by atoms with E-state index in [4.69, 9.17) is 9.47 Å². The highest BCUT2D eigenvalue weighted by Crippen LogP contribution is 2.34. The van der Waals surface area contributed by atoms with Crippen LogP contribution in [0.1, 0.15) is 31.2 Å². The SMILES string of the molecule is COc1cc2ncnc(O[C@H]3CC[C@H](N4C(=O)CN(c5cncc(C(F)(F)F)c5)C4=O)CC3)c2cn1. The molecule has 13 heteroatoms. The highest BCUT2D eigenvalue weighted by Gasteiger charge is 2.43. The quantitative estimate of drug-likeness (QED) is 0.487. The fourth-order valence-corrected chi connectivity index (χ4v) is 4.50. The topological polar surface area (TPSA) is 111 Å². The van der Waals surface area contributed by atoms with Gasteiger partial charge >= 0.3 is 12.2 Å². The van der Waals surface area contributed by atoms with Gasteiger partial charge in [-0.1, -0.05) is 0 Å². The number of hydrogen-bond donors (Lipinski definition) is 0. The Bertz CT molecular complexity index is 1310. The monoisotopic (exact) mass is 502 g/mol. The van der Waals surface area contributed by atoms with Crippen LogP contribution in [0, 0.1) is 0 Å². The predicted molar refractivity (Wildman–Crippen MR) is 119 cm³/mol. The third kappa shape index (κ3) is 4.48. The molecule has 188 valence electrons. The molecule has 0 bridgehead atoms. The van der Waals surface area contributed by atoms with Crippen molar-refractivity contribution in [1.82, 2.24) is 24.8 Å².